The second-order valence-corrected chi connectivity index (χ2v) is 10.4. The zero-order valence-corrected chi connectivity index (χ0v) is 18.7. The van der Waals surface area contributed by atoms with Gasteiger partial charge in [-0.15, -0.1) is 0 Å². The van der Waals surface area contributed by atoms with Gasteiger partial charge in [0.15, 0.2) is 6.35 Å². The molecule has 3 N–H and O–H groups in total. The van der Waals surface area contributed by atoms with Crippen LogP contribution in [0.15, 0.2) is 18.2 Å². The molecule has 1 heterocycles. The van der Waals surface area contributed by atoms with Crippen molar-refractivity contribution in [3.05, 3.63) is 28.8 Å². The average molecular weight is 460 g/mol. The SMILES string of the molecule is C[C@H](NS(=O)(=O)CCCCCN1CC(=O)NC1O)c1ccc(Cl)c(OCC2CC2)c1. The summed E-state index contributed by atoms with van der Waals surface area (Å²) in [5, 5.41) is 12.6. The van der Waals surface area contributed by atoms with Gasteiger partial charge >= 0.3 is 0 Å². The molecular formula is C20H30ClN3O5S. The van der Waals surface area contributed by atoms with Gasteiger partial charge in [-0.1, -0.05) is 24.1 Å². The molecule has 30 heavy (non-hydrogen) atoms. The van der Waals surface area contributed by atoms with E-state index >= 15 is 0 Å². The number of amides is 1. The lowest BCUT2D eigenvalue weighted by atomic mass is 10.1. The Hall–Kier alpha value is -1.39. The van der Waals surface area contributed by atoms with Gasteiger partial charge in [-0.2, -0.15) is 0 Å². The van der Waals surface area contributed by atoms with Gasteiger partial charge in [0.05, 0.1) is 23.9 Å². The van der Waals surface area contributed by atoms with Crippen LogP contribution in [0.5, 0.6) is 5.75 Å². The van der Waals surface area contributed by atoms with E-state index in [9.17, 15) is 18.3 Å². The van der Waals surface area contributed by atoms with E-state index in [1.807, 2.05) is 0 Å². The number of benzene rings is 1. The number of nitrogens with one attached hydrogen (secondary N) is 2. The Bertz CT molecular complexity index is 847. The summed E-state index contributed by atoms with van der Waals surface area (Å²) < 4.78 is 33.3. The van der Waals surface area contributed by atoms with Crippen molar-refractivity contribution in [1.29, 1.82) is 0 Å². The highest BCUT2D eigenvalue weighted by Crippen LogP contribution is 2.33. The van der Waals surface area contributed by atoms with E-state index in [1.54, 1.807) is 30.0 Å². The number of hydrogen-bond acceptors (Lipinski definition) is 6. The first-order chi connectivity index (χ1) is 14.2. The van der Waals surface area contributed by atoms with E-state index < -0.39 is 22.4 Å². The highest BCUT2D eigenvalue weighted by Gasteiger charge is 2.27. The fourth-order valence-electron chi connectivity index (χ4n) is 3.33. The Labute approximate surface area is 183 Å². The third-order valence-electron chi connectivity index (χ3n) is 5.32. The maximum atomic E-state index is 12.4. The molecule has 0 aromatic heterocycles. The number of rotatable bonds is 12. The van der Waals surface area contributed by atoms with E-state index in [1.165, 1.54) is 12.8 Å². The molecule has 1 saturated carbocycles. The molecule has 1 aromatic carbocycles. The number of carbonyl (C=O) groups excluding carboxylic acids is 1. The Morgan fingerprint density at radius 2 is 2.10 bits per heavy atom. The van der Waals surface area contributed by atoms with Gasteiger partial charge in [-0.25, -0.2) is 13.1 Å². The summed E-state index contributed by atoms with van der Waals surface area (Å²) in [5.41, 5.74) is 0.800. The normalized spacial score (nSPS) is 20.9. The van der Waals surface area contributed by atoms with Gasteiger partial charge in [-0.3, -0.25) is 9.69 Å². The minimum Gasteiger partial charge on any atom is -0.492 e. The van der Waals surface area contributed by atoms with Crippen LogP contribution in [0.4, 0.5) is 0 Å². The van der Waals surface area contributed by atoms with Crippen molar-refractivity contribution in [2.24, 2.45) is 5.92 Å². The highest BCUT2D eigenvalue weighted by atomic mass is 35.5. The van der Waals surface area contributed by atoms with Crippen molar-refractivity contribution in [1.82, 2.24) is 14.9 Å². The minimum atomic E-state index is -3.44. The second kappa shape index (κ2) is 10.3. The molecule has 168 valence electrons. The number of aliphatic hydroxyl groups is 1. The van der Waals surface area contributed by atoms with Crippen molar-refractivity contribution in [2.75, 3.05) is 25.4 Å². The zero-order chi connectivity index (χ0) is 21.7. The van der Waals surface area contributed by atoms with Crippen LogP contribution >= 0.6 is 11.6 Å². The lowest BCUT2D eigenvalue weighted by Crippen LogP contribution is -2.36. The van der Waals surface area contributed by atoms with Crippen molar-refractivity contribution in [3.63, 3.8) is 0 Å². The van der Waals surface area contributed by atoms with Crippen LogP contribution in [0.25, 0.3) is 0 Å². The van der Waals surface area contributed by atoms with Crippen LogP contribution in [0.1, 0.15) is 50.6 Å². The number of ether oxygens (including phenoxy) is 1. The number of sulfonamides is 1. The molecule has 8 nitrogen and oxygen atoms in total. The summed E-state index contributed by atoms with van der Waals surface area (Å²) in [4.78, 5) is 12.8. The van der Waals surface area contributed by atoms with Gasteiger partial charge in [0.25, 0.3) is 0 Å². The van der Waals surface area contributed by atoms with E-state index in [2.05, 4.69) is 10.0 Å². The van der Waals surface area contributed by atoms with Crippen molar-refractivity contribution >= 4 is 27.5 Å². The van der Waals surface area contributed by atoms with E-state index in [0.29, 0.717) is 49.1 Å². The summed E-state index contributed by atoms with van der Waals surface area (Å²) in [6.45, 7) is 3.15. The average Bonchev–Trinajstić information content (AvgIpc) is 3.44. The first-order valence-electron chi connectivity index (χ1n) is 10.4. The van der Waals surface area contributed by atoms with E-state index in [4.69, 9.17) is 16.3 Å². The number of unbranched alkanes of at least 4 members (excludes halogenated alkanes) is 2. The standard InChI is InChI=1S/C20H30ClN3O5S/c1-14(16-7-8-17(21)18(11-16)29-13-15-5-6-15)23-30(27,28)10-4-2-3-9-24-12-19(25)22-20(24)26/h7-8,11,14-15,20,23,26H,2-6,9-10,12-13H2,1H3,(H,22,25)/t14-,20?/m0/s1. The van der Waals surface area contributed by atoms with Gasteiger partial charge in [-0.05, 0) is 56.2 Å². The molecule has 1 aromatic rings. The van der Waals surface area contributed by atoms with Crippen LogP contribution in [0.3, 0.4) is 0 Å². The molecule has 0 bridgehead atoms. The molecular weight excluding hydrogens is 430 g/mol. The van der Waals surface area contributed by atoms with Gasteiger partial charge in [0.2, 0.25) is 15.9 Å². The quantitative estimate of drug-likeness (QED) is 0.412. The summed E-state index contributed by atoms with van der Waals surface area (Å²) in [7, 11) is -3.44. The predicted molar refractivity (Wildman–Crippen MR) is 115 cm³/mol. The number of aliphatic hydroxyl groups excluding tert-OH is 1. The molecule has 10 heteroatoms. The van der Waals surface area contributed by atoms with Crippen LogP contribution in [0.2, 0.25) is 5.02 Å². The molecule has 0 radical (unpaired) electrons. The minimum absolute atomic E-state index is 0.0235. The van der Waals surface area contributed by atoms with Crippen LogP contribution in [-0.4, -0.2) is 56.1 Å². The third-order valence-corrected chi connectivity index (χ3v) is 7.18. The van der Waals surface area contributed by atoms with E-state index in [0.717, 1.165) is 5.56 Å². The molecule has 0 spiro atoms. The molecule has 1 aliphatic heterocycles. The topological polar surface area (TPSA) is 108 Å². The summed E-state index contributed by atoms with van der Waals surface area (Å²) >= 11 is 6.19. The van der Waals surface area contributed by atoms with Gasteiger partial charge in [0.1, 0.15) is 5.75 Å². The maximum Gasteiger partial charge on any atom is 0.237 e. The summed E-state index contributed by atoms with van der Waals surface area (Å²) in [6, 6.07) is 4.94. The van der Waals surface area contributed by atoms with Crippen molar-refractivity contribution < 1.29 is 23.1 Å². The van der Waals surface area contributed by atoms with Gasteiger partial charge < -0.3 is 15.2 Å². The fourth-order valence-corrected chi connectivity index (χ4v) is 4.87. The molecule has 1 aliphatic carbocycles. The molecule has 2 aliphatic rings. The maximum absolute atomic E-state index is 12.4. The first kappa shape index (κ1) is 23.3. The first-order valence-corrected chi connectivity index (χ1v) is 12.4. The van der Waals surface area contributed by atoms with Crippen LogP contribution in [-0.2, 0) is 14.8 Å². The summed E-state index contributed by atoms with van der Waals surface area (Å²) in [5.74, 6) is 1.01. The van der Waals surface area contributed by atoms with Gasteiger partial charge in [0, 0.05) is 12.6 Å². The Morgan fingerprint density at radius 1 is 1.33 bits per heavy atom. The largest absolute Gasteiger partial charge is 0.492 e. The monoisotopic (exact) mass is 459 g/mol. The molecule has 3 rings (SSSR count). The van der Waals surface area contributed by atoms with Crippen LogP contribution < -0.4 is 14.8 Å². The molecule has 1 unspecified atom stereocenters. The third kappa shape index (κ3) is 7.09. The second-order valence-electron chi connectivity index (χ2n) is 8.07. The lowest BCUT2D eigenvalue weighted by Gasteiger charge is -2.18. The number of carbonyl (C=O) groups is 1. The summed E-state index contributed by atoms with van der Waals surface area (Å²) in [6.07, 6.45) is 3.32. The zero-order valence-electron chi connectivity index (χ0n) is 17.1. The molecule has 1 saturated heterocycles. The highest BCUT2D eigenvalue weighted by molar-refractivity contribution is 7.89. The lowest BCUT2D eigenvalue weighted by molar-refractivity contribution is -0.119. The predicted octanol–water partition coefficient (Wildman–Crippen LogP) is 1.99. The number of nitrogens with zero attached hydrogens (tertiary/aromatic N) is 1. The smallest absolute Gasteiger partial charge is 0.237 e. The molecule has 1 amide bonds. The van der Waals surface area contributed by atoms with Crippen LogP contribution in [0, 0.1) is 5.92 Å². The Morgan fingerprint density at radius 3 is 2.77 bits per heavy atom. The van der Waals surface area contributed by atoms with E-state index in [-0.39, 0.29) is 18.2 Å². The molecule has 2 atom stereocenters. The Balaban J connectivity index is 1.41. The molecule has 2 fully saturated rings. The number of halogens is 1. The number of hydrogen-bond donors (Lipinski definition) is 3. The fraction of sp³-hybridized carbons (Fsp3) is 0.650. The Kier molecular flexibility index (Phi) is 7.98. The van der Waals surface area contributed by atoms with Crippen molar-refractivity contribution in [3.8, 4) is 5.75 Å². The van der Waals surface area contributed by atoms with Crippen molar-refractivity contribution in [2.45, 2.75) is 51.4 Å².